The van der Waals surface area contributed by atoms with E-state index in [0.717, 1.165) is 18.7 Å². The summed E-state index contributed by atoms with van der Waals surface area (Å²) in [4.78, 5) is 15.1. The maximum absolute atomic E-state index is 11.0. The number of carbonyl (C=O) groups is 1. The SMILES string of the molecule is CCCc1nc(C(=O)O)c2ccccn12. The Hall–Kier alpha value is -1.84. The van der Waals surface area contributed by atoms with Crippen LogP contribution in [-0.2, 0) is 6.42 Å². The van der Waals surface area contributed by atoms with Crippen molar-refractivity contribution in [2.75, 3.05) is 0 Å². The minimum atomic E-state index is -0.971. The molecule has 0 saturated heterocycles. The van der Waals surface area contributed by atoms with E-state index in [0.29, 0.717) is 5.52 Å². The van der Waals surface area contributed by atoms with Crippen molar-refractivity contribution >= 4 is 11.5 Å². The van der Waals surface area contributed by atoms with Gasteiger partial charge in [0.25, 0.3) is 0 Å². The Morgan fingerprint density at radius 2 is 2.33 bits per heavy atom. The molecule has 0 unspecified atom stereocenters. The van der Waals surface area contributed by atoms with Gasteiger partial charge in [0, 0.05) is 12.6 Å². The summed E-state index contributed by atoms with van der Waals surface area (Å²) < 4.78 is 1.84. The molecule has 0 atom stereocenters. The highest BCUT2D eigenvalue weighted by molar-refractivity contribution is 5.93. The van der Waals surface area contributed by atoms with Gasteiger partial charge in [0.1, 0.15) is 5.82 Å². The van der Waals surface area contributed by atoms with Crippen LogP contribution >= 0.6 is 0 Å². The Bertz CT molecular complexity index is 502. The second kappa shape index (κ2) is 3.73. The molecule has 0 aliphatic heterocycles. The number of hydrogen-bond acceptors (Lipinski definition) is 2. The van der Waals surface area contributed by atoms with Gasteiger partial charge in [-0.05, 0) is 18.6 Å². The minimum absolute atomic E-state index is 0.138. The van der Waals surface area contributed by atoms with E-state index in [1.54, 1.807) is 6.07 Å². The van der Waals surface area contributed by atoms with Crippen molar-refractivity contribution in [1.29, 1.82) is 0 Å². The molecule has 0 aliphatic rings. The van der Waals surface area contributed by atoms with E-state index in [1.165, 1.54) is 0 Å². The molecule has 2 heterocycles. The lowest BCUT2D eigenvalue weighted by Crippen LogP contribution is -1.97. The Kier molecular flexibility index (Phi) is 2.41. The fourth-order valence-electron chi connectivity index (χ4n) is 1.66. The molecule has 2 rings (SSSR count). The minimum Gasteiger partial charge on any atom is -0.476 e. The van der Waals surface area contributed by atoms with Gasteiger partial charge >= 0.3 is 5.97 Å². The normalized spacial score (nSPS) is 10.7. The first-order chi connectivity index (χ1) is 7.24. The van der Waals surface area contributed by atoms with Crippen LogP contribution in [-0.4, -0.2) is 20.5 Å². The van der Waals surface area contributed by atoms with E-state index in [1.807, 2.05) is 29.7 Å². The molecular formula is C11H12N2O2. The second-order valence-corrected chi connectivity index (χ2v) is 3.39. The van der Waals surface area contributed by atoms with Crippen LogP contribution in [0.25, 0.3) is 5.52 Å². The second-order valence-electron chi connectivity index (χ2n) is 3.39. The first kappa shape index (κ1) is 9.71. The van der Waals surface area contributed by atoms with Crippen molar-refractivity contribution in [1.82, 2.24) is 9.38 Å². The number of fused-ring (bicyclic) bond motifs is 1. The Morgan fingerprint density at radius 3 is 3.00 bits per heavy atom. The van der Waals surface area contributed by atoms with Gasteiger partial charge in [-0.15, -0.1) is 0 Å². The first-order valence-corrected chi connectivity index (χ1v) is 4.93. The monoisotopic (exact) mass is 204 g/mol. The smallest absolute Gasteiger partial charge is 0.356 e. The summed E-state index contributed by atoms with van der Waals surface area (Å²) in [6, 6.07) is 5.47. The van der Waals surface area contributed by atoms with Crippen LogP contribution in [0.3, 0.4) is 0 Å². The van der Waals surface area contributed by atoms with Crippen LogP contribution in [0, 0.1) is 0 Å². The van der Waals surface area contributed by atoms with Crippen LogP contribution in [0.5, 0.6) is 0 Å². The number of aromatic nitrogens is 2. The molecule has 0 spiro atoms. The average molecular weight is 204 g/mol. The fourth-order valence-corrected chi connectivity index (χ4v) is 1.66. The number of carboxylic acids is 1. The molecule has 4 nitrogen and oxygen atoms in total. The molecule has 0 fully saturated rings. The number of pyridine rings is 1. The number of imidazole rings is 1. The zero-order chi connectivity index (χ0) is 10.8. The Balaban J connectivity index is 2.67. The van der Waals surface area contributed by atoms with E-state index >= 15 is 0 Å². The zero-order valence-electron chi connectivity index (χ0n) is 8.47. The maximum Gasteiger partial charge on any atom is 0.356 e. The molecule has 0 aromatic carbocycles. The van der Waals surface area contributed by atoms with Crippen molar-refractivity contribution < 1.29 is 9.90 Å². The van der Waals surface area contributed by atoms with E-state index in [-0.39, 0.29) is 5.69 Å². The van der Waals surface area contributed by atoms with Crippen LogP contribution < -0.4 is 0 Å². The van der Waals surface area contributed by atoms with Crippen LogP contribution in [0.15, 0.2) is 24.4 Å². The average Bonchev–Trinajstić information content (AvgIpc) is 2.59. The molecule has 2 aromatic heterocycles. The molecule has 0 radical (unpaired) electrons. The standard InChI is InChI=1S/C11H12N2O2/c1-2-5-9-12-10(11(14)15)8-6-3-4-7-13(8)9/h3-4,6-7H,2,5H2,1H3,(H,14,15). The van der Waals surface area contributed by atoms with Crippen molar-refractivity contribution in [3.8, 4) is 0 Å². The highest BCUT2D eigenvalue weighted by atomic mass is 16.4. The predicted octanol–water partition coefficient (Wildman–Crippen LogP) is 1.99. The maximum atomic E-state index is 11.0. The number of carboxylic acid groups (broad SMARTS) is 1. The van der Waals surface area contributed by atoms with Crippen LogP contribution in [0.4, 0.5) is 0 Å². The van der Waals surface area contributed by atoms with Gasteiger partial charge in [0.2, 0.25) is 0 Å². The predicted molar refractivity (Wildman–Crippen MR) is 56.1 cm³/mol. The Labute approximate surface area is 87.2 Å². The molecule has 78 valence electrons. The fraction of sp³-hybridized carbons (Fsp3) is 0.273. The molecule has 2 aromatic rings. The topological polar surface area (TPSA) is 54.6 Å². The van der Waals surface area contributed by atoms with Crippen molar-refractivity contribution in [3.05, 3.63) is 35.9 Å². The Morgan fingerprint density at radius 1 is 1.53 bits per heavy atom. The van der Waals surface area contributed by atoms with Crippen molar-refractivity contribution in [2.45, 2.75) is 19.8 Å². The van der Waals surface area contributed by atoms with Gasteiger partial charge in [-0.25, -0.2) is 9.78 Å². The van der Waals surface area contributed by atoms with Crippen molar-refractivity contribution in [2.24, 2.45) is 0 Å². The third-order valence-corrected chi connectivity index (χ3v) is 2.30. The summed E-state index contributed by atoms with van der Waals surface area (Å²) in [6.07, 6.45) is 3.59. The van der Waals surface area contributed by atoms with Gasteiger partial charge in [-0.2, -0.15) is 0 Å². The molecule has 0 aliphatic carbocycles. The van der Waals surface area contributed by atoms with E-state index in [4.69, 9.17) is 5.11 Å². The third-order valence-electron chi connectivity index (χ3n) is 2.30. The largest absolute Gasteiger partial charge is 0.476 e. The van der Waals surface area contributed by atoms with Crippen LogP contribution in [0.2, 0.25) is 0 Å². The zero-order valence-corrected chi connectivity index (χ0v) is 8.47. The summed E-state index contributed by atoms with van der Waals surface area (Å²) in [5.74, 6) is -0.161. The van der Waals surface area contributed by atoms with Gasteiger partial charge < -0.3 is 9.51 Å². The molecule has 0 saturated carbocycles. The molecule has 4 heteroatoms. The van der Waals surface area contributed by atoms with Gasteiger partial charge in [0.05, 0.1) is 5.52 Å². The quantitative estimate of drug-likeness (QED) is 0.831. The van der Waals surface area contributed by atoms with E-state index < -0.39 is 5.97 Å². The van der Waals surface area contributed by atoms with Crippen LogP contribution in [0.1, 0.15) is 29.7 Å². The third kappa shape index (κ3) is 1.58. The van der Waals surface area contributed by atoms with Crippen molar-refractivity contribution in [3.63, 3.8) is 0 Å². The highest BCUT2D eigenvalue weighted by Crippen LogP contribution is 2.14. The van der Waals surface area contributed by atoms with Gasteiger partial charge in [0.15, 0.2) is 5.69 Å². The first-order valence-electron chi connectivity index (χ1n) is 4.93. The lowest BCUT2D eigenvalue weighted by molar-refractivity contribution is 0.0693. The summed E-state index contributed by atoms with van der Waals surface area (Å²) >= 11 is 0. The van der Waals surface area contributed by atoms with Gasteiger partial charge in [-0.1, -0.05) is 13.0 Å². The molecular weight excluding hydrogens is 192 g/mol. The number of nitrogens with zero attached hydrogens (tertiary/aromatic N) is 2. The van der Waals surface area contributed by atoms with Gasteiger partial charge in [-0.3, -0.25) is 0 Å². The molecule has 15 heavy (non-hydrogen) atoms. The lowest BCUT2D eigenvalue weighted by atomic mass is 10.3. The lowest BCUT2D eigenvalue weighted by Gasteiger charge is -1.97. The number of hydrogen-bond donors (Lipinski definition) is 1. The molecule has 0 bridgehead atoms. The van der Waals surface area contributed by atoms with E-state index in [2.05, 4.69) is 4.98 Å². The number of aromatic carboxylic acids is 1. The summed E-state index contributed by atoms with van der Waals surface area (Å²) in [7, 11) is 0. The van der Waals surface area contributed by atoms with E-state index in [9.17, 15) is 4.79 Å². The molecule has 0 amide bonds. The summed E-state index contributed by atoms with van der Waals surface area (Å²) in [5, 5.41) is 8.99. The highest BCUT2D eigenvalue weighted by Gasteiger charge is 2.14. The summed E-state index contributed by atoms with van der Waals surface area (Å²) in [6.45, 7) is 2.05. The number of rotatable bonds is 3. The number of aryl methyl sites for hydroxylation is 1. The molecule has 1 N–H and O–H groups in total. The summed E-state index contributed by atoms with van der Waals surface area (Å²) in [5.41, 5.74) is 0.799.